The molecule has 0 saturated carbocycles. The van der Waals surface area contributed by atoms with E-state index in [1.807, 2.05) is 5.38 Å². The summed E-state index contributed by atoms with van der Waals surface area (Å²) in [4.78, 5) is 11.2. The van der Waals surface area contributed by atoms with E-state index in [-0.39, 0.29) is 0 Å². The minimum absolute atomic E-state index is 0.413. The van der Waals surface area contributed by atoms with Gasteiger partial charge in [-0.1, -0.05) is 18.2 Å². The molecule has 0 aliphatic heterocycles. The zero-order chi connectivity index (χ0) is 12.5. The fourth-order valence-electron chi connectivity index (χ4n) is 2.59. The van der Waals surface area contributed by atoms with Crippen molar-refractivity contribution in [1.82, 2.24) is 0 Å². The van der Waals surface area contributed by atoms with Crippen molar-refractivity contribution in [3.63, 3.8) is 0 Å². The molecule has 0 unspecified atom stereocenters. The number of carbonyl (C=O) groups is 1. The van der Waals surface area contributed by atoms with Gasteiger partial charge in [-0.2, -0.15) is 11.3 Å². The summed E-state index contributed by atoms with van der Waals surface area (Å²) in [7, 11) is 0. The van der Waals surface area contributed by atoms with Gasteiger partial charge in [-0.05, 0) is 47.8 Å². The van der Waals surface area contributed by atoms with Crippen LogP contribution in [-0.2, 0) is 12.8 Å². The maximum Gasteiger partial charge on any atom is 0.337 e. The lowest BCUT2D eigenvalue weighted by Crippen LogP contribution is -2.03. The highest BCUT2D eigenvalue weighted by Gasteiger charge is 2.15. The van der Waals surface area contributed by atoms with Crippen LogP contribution in [0.4, 0.5) is 0 Å². The monoisotopic (exact) mass is 258 g/mol. The number of aryl methyl sites for hydroxylation is 2. The lowest BCUT2D eigenvalue weighted by Gasteiger charge is -2.16. The Balaban J connectivity index is 2.06. The highest BCUT2D eigenvalue weighted by atomic mass is 32.1. The van der Waals surface area contributed by atoms with Crippen LogP contribution in [0.25, 0.3) is 11.1 Å². The standard InChI is InChI=1S/C15H14O2S/c16-15(17)14-9-18-8-13(14)12-6-5-10-3-1-2-4-11(10)7-12/h5-9H,1-4H2,(H,16,17). The van der Waals surface area contributed by atoms with Crippen LogP contribution in [0, 0.1) is 0 Å². The van der Waals surface area contributed by atoms with Crippen LogP contribution in [0.3, 0.4) is 0 Å². The summed E-state index contributed by atoms with van der Waals surface area (Å²) in [5, 5.41) is 12.8. The lowest BCUT2D eigenvalue weighted by molar-refractivity contribution is 0.0698. The number of fused-ring (bicyclic) bond motifs is 1. The molecule has 2 aromatic rings. The average molecular weight is 258 g/mol. The van der Waals surface area contributed by atoms with E-state index >= 15 is 0 Å². The number of thiophene rings is 1. The molecule has 18 heavy (non-hydrogen) atoms. The predicted octanol–water partition coefficient (Wildman–Crippen LogP) is 3.99. The average Bonchev–Trinajstić information content (AvgIpc) is 2.87. The molecule has 0 atom stereocenters. The number of hydrogen-bond acceptors (Lipinski definition) is 2. The predicted molar refractivity (Wildman–Crippen MR) is 73.4 cm³/mol. The Morgan fingerprint density at radius 3 is 2.67 bits per heavy atom. The molecule has 1 aromatic carbocycles. The Hall–Kier alpha value is -1.61. The molecule has 1 aliphatic rings. The third-order valence-corrected chi connectivity index (χ3v) is 4.30. The van der Waals surface area contributed by atoms with Crippen molar-refractivity contribution in [3.8, 4) is 11.1 Å². The summed E-state index contributed by atoms with van der Waals surface area (Å²) < 4.78 is 0. The van der Waals surface area contributed by atoms with Gasteiger partial charge in [0.15, 0.2) is 0 Å². The molecule has 1 aliphatic carbocycles. The third-order valence-electron chi connectivity index (χ3n) is 3.55. The molecule has 3 rings (SSSR count). The van der Waals surface area contributed by atoms with Gasteiger partial charge in [-0.15, -0.1) is 0 Å². The van der Waals surface area contributed by atoms with Gasteiger partial charge in [0.25, 0.3) is 0 Å². The summed E-state index contributed by atoms with van der Waals surface area (Å²) in [6.07, 6.45) is 4.79. The molecule has 0 spiro atoms. The molecular weight excluding hydrogens is 244 g/mol. The van der Waals surface area contributed by atoms with Gasteiger partial charge in [0.1, 0.15) is 0 Å². The SMILES string of the molecule is O=C(O)c1cscc1-c1ccc2c(c1)CCCC2. The van der Waals surface area contributed by atoms with Crippen LogP contribution in [0.5, 0.6) is 0 Å². The Bertz CT molecular complexity index is 598. The van der Waals surface area contributed by atoms with Crippen molar-refractivity contribution < 1.29 is 9.90 Å². The Morgan fingerprint density at radius 1 is 1.11 bits per heavy atom. The van der Waals surface area contributed by atoms with E-state index in [9.17, 15) is 4.79 Å². The second-order valence-electron chi connectivity index (χ2n) is 4.69. The fraction of sp³-hybridized carbons (Fsp3) is 0.267. The second kappa shape index (κ2) is 4.58. The molecular formula is C15H14O2S. The first kappa shape index (κ1) is 11.5. The Labute approximate surface area is 110 Å². The van der Waals surface area contributed by atoms with Crippen LogP contribution in [0.1, 0.15) is 34.3 Å². The number of hydrogen-bond donors (Lipinski definition) is 1. The molecule has 0 fully saturated rings. The van der Waals surface area contributed by atoms with Gasteiger partial charge in [0.05, 0.1) is 5.56 Å². The maximum atomic E-state index is 11.2. The highest BCUT2D eigenvalue weighted by Crippen LogP contribution is 2.31. The maximum absolute atomic E-state index is 11.2. The van der Waals surface area contributed by atoms with Gasteiger partial charge in [-0.3, -0.25) is 0 Å². The largest absolute Gasteiger partial charge is 0.478 e. The topological polar surface area (TPSA) is 37.3 Å². The van der Waals surface area contributed by atoms with Gasteiger partial charge in [0.2, 0.25) is 0 Å². The fourth-order valence-corrected chi connectivity index (χ4v) is 3.42. The summed E-state index contributed by atoms with van der Waals surface area (Å²) >= 11 is 1.45. The molecule has 92 valence electrons. The molecule has 0 saturated heterocycles. The Morgan fingerprint density at radius 2 is 1.89 bits per heavy atom. The molecule has 2 nitrogen and oxygen atoms in total. The number of benzene rings is 1. The number of carboxylic acid groups (broad SMARTS) is 1. The van der Waals surface area contributed by atoms with Crippen LogP contribution in [0.15, 0.2) is 29.0 Å². The quantitative estimate of drug-likeness (QED) is 0.884. The first-order valence-corrected chi connectivity index (χ1v) is 7.11. The van der Waals surface area contributed by atoms with Crippen LogP contribution < -0.4 is 0 Å². The molecule has 0 amide bonds. The molecule has 1 aromatic heterocycles. The summed E-state index contributed by atoms with van der Waals surface area (Å²) in [5.41, 5.74) is 5.12. The van der Waals surface area contributed by atoms with E-state index in [4.69, 9.17) is 5.11 Å². The van der Waals surface area contributed by atoms with Gasteiger partial charge < -0.3 is 5.11 Å². The summed E-state index contributed by atoms with van der Waals surface area (Å²) in [6, 6.07) is 6.38. The first-order chi connectivity index (χ1) is 8.75. The highest BCUT2D eigenvalue weighted by molar-refractivity contribution is 7.08. The summed E-state index contributed by atoms with van der Waals surface area (Å²) in [6.45, 7) is 0. The smallest absolute Gasteiger partial charge is 0.337 e. The molecule has 0 radical (unpaired) electrons. The van der Waals surface area contributed by atoms with E-state index in [0.29, 0.717) is 5.56 Å². The zero-order valence-electron chi connectivity index (χ0n) is 9.98. The first-order valence-electron chi connectivity index (χ1n) is 6.17. The van der Waals surface area contributed by atoms with E-state index in [1.54, 1.807) is 5.38 Å². The zero-order valence-corrected chi connectivity index (χ0v) is 10.8. The van der Waals surface area contributed by atoms with E-state index in [0.717, 1.165) is 24.0 Å². The third kappa shape index (κ3) is 1.95. The van der Waals surface area contributed by atoms with Crippen molar-refractivity contribution in [2.24, 2.45) is 0 Å². The minimum atomic E-state index is -0.844. The molecule has 1 heterocycles. The summed E-state index contributed by atoms with van der Waals surface area (Å²) in [5.74, 6) is -0.844. The van der Waals surface area contributed by atoms with Crippen molar-refractivity contribution in [2.75, 3.05) is 0 Å². The van der Waals surface area contributed by atoms with Gasteiger partial charge in [0, 0.05) is 10.9 Å². The van der Waals surface area contributed by atoms with Gasteiger partial charge >= 0.3 is 5.97 Å². The van der Waals surface area contributed by atoms with E-state index in [1.165, 1.54) is 35.3 Å². The second-order valence-corrected chi connectivity index (χ2v) is 5.44. The molecule has 0 bridgehead atoms. The number of rotatable bonds is 2. The normalized spacial score (nSPS) is 14.2. The lowest BCUT2D eigenvalue weighted by atomic mass is 9.89. The number of carboxylic acids is 1. The van der Waals surface area contributed by atoms with Crippen molar-refractivity contribution in [3.05, 3.63) is 45.6 Å². The molecule has 3 heteroatoms. The molecule has 1 N–H and O–H groups in total. The van der Waals surface area contributed by atoms with Gasteiger partial charge in [-0.25, -0.2) is 4.79 Å². The Kier molecular flexibility index (Phi) is 2.92. The van der Waals surface area contributed by atoms with Crippen molar-refractivity contribution in [2.45, 2.75) is 25.7 Å². The van der Waals surface area contributed by atoms with Crippen molar-refractivity contribution in [1.29, 1.82) is 0 Å². The minimum Gasteiger partial charge on any atom is -0.478 e. The van der Waals surface area contributed by atoms with E-state index in [2.05, 4.69) is 18.2 Å². The van der Waals surface area contributed by atoms with Crippen LogP contribution in [0.2, 0.25) is 0 Å². The van der Waals surface area contributed by atoms with E-state index < -0.39 is 5.97 Å². The number of aromatic carboxylic acids is 1. The van der Waals surface area contributed by atoms with Crippen molar-refractivity contribution >= 4 is 17.3 Å². The van der Waals surface area contributed by atoms with Crippen LogP contribution in [-0.4, -0.2) is 11.1 Å². The van der Waals surface area contributed by atoms with Crippen LogP contribution >= 0.6 is 11.3 Å².